The number of aliphatic hydroxyl groups is 1. The van der Waals surface area contributed by atoms with Crippen LogP contribution in [-0.2, 0) is 5.60 Å². The molecule has 1 aliphatic rings. The summed E-state index contributed by atoms with van der Waals surface area (Å²) in [4.78, 5) is 30.5. The lowest BCUT2D eigenvalue weighted by Gasteiger charge is -2.38. The Balaban J connectivity index is 1.33. The Kier molecular flexibility index (Phi) is 5.14. The number of hydrogen-bond acceptors (Lipinski definition) is 5. The lowest BCUT2D eigenvalue weighted by atomic mass is 9.84. The van der Waals surface area contributed by atoms with Crippen molar-refractivity contribution in [1.29, 1.82) is 0 Å². The molecule has 2 amide bonds. The van der Waals surface area contributed by atoms with E-state index in [0.717, 1.165) is 11.1 Å². The molecule has 8 heteroatoms. The second-order valence-electron chi connectivity index (χ2n) is 8.21. The van der Waals surface area contributed by atoms with Gasteiger partial charge < -0.3 is 15.7 Å². The molecule has 1 aliphatic heterocycles. The fourth-order valence-electron chi connectivity index (χ4n) is 4.35. The van der Waals surface area contributed by atoms with Crippen LogP contribution in [0.2, 0.25) is 0 Å². The molecule has 0 bridgehead atoms. The molecule has 8 nitrogen and oxygen atoms in total. The number of pyridine rings is 1. The van der Waals surface area contributed by atoms with E-state index in [4.69, 9.17) is 5.73 Å². The summed E-state index contributed by atoms with van der Waals surface area (Å²) in [6.07, 6.45) is 3.50. The van der Waals surface area contributed by atoms with Gasteiger partial charge >= 0.3 is 0 Å². The van der Waals surface area contributed by atoms with Gasteiger partial charge in [0.1, 0.15) is 0 Å². The van der Waals surface area contributed by atoms with Crippen LogP contribution in [0.25, 0.3) is 16.9 Å². The van der Waals surface area contributed by atoms with Gasteiger partial charge in [-0.05, 0) is 42.7 Å². The monoisotopic (exact) mass is 440 g/mol. The molecule has 0 spiro atoms. The van der Waals surface area contributed by atoms with Crippen LogP contribution in [0.3, 0.4) is 0 Å². The van der Waals surface area contributed by atoms with Crippen LogP contribution in [0.4, 0.5) is 0 Å². The predicted octanol–water partition coefficient (Wildman–Crippen LogP) is 2.42. The van der Waals surface area contributed by atoms with Crippen molar-refractivity contribution in [1.82, 2.24) is 19.5 Å². The molecule has 4 aromatic rings. The minimum Gasteiger partial charge on any atom is -0.385 e. The first-order valence-electron chi connectivity index (χ1n) is 10.7. The number of rotatable bonds is 4. The van der Waals surface area contributed by atoms with Crippen molar-refractivity contribution < 1.29 is 14.7 Å². The van der Waals surface area contributed by atoms with Crippen molar-refractivity contribution in [3.8, 4) is 11.3 Å². The molecule has 0 atom stereocenters. The number of nitrogens with zero attached hydrogens (tertiary/aromatic N) is 4. The maximum Gasteiger partial charge on any atom is 0.253 e. The summed E-state index contributed by atoms with van der Waals surface area (Å²) in [7, 11) is 0. The van der Waals surface area contributed by atoms with Crippen LogP contribution in [0.5, 0.6) is 0 Å². The van der Waals surface area contributed by atoms with E-state index in [1.54, 1.807) is 29.2 Å². The molecule has 1 fully saturated rings. The van der Waals surface area contributed by atoms with E-state index in [2.05, 4.69) is 16.4 Å². The molecule has 2 aromatic heterocycles. The number of piperidine rings is 1. The summed E-state index contributed by atoms with van der Waals surface area (Å²) in [5, 5.41) is 15.1. The number of amides is 2. The van der Waals surface area contributed by atoms with Crippen LogP contribution < -0.4 is 5.73 Å². The Labute approximate surface area is 190 Å². The Morgan fingerprint density at radius 3 is 2.33 bits per heavy atom. The van der Waals surface area contributed by atoms with Gasteiger partial charge in [0, 0.05) is 24.2 Å². The van der Waals surface area contributed by atoms with Crippen LogP contribution in [0.15, 0.2) is 66.7 Å². The second-order valence-corrected chi connectivity index (χ2v) is 8.21. The highest BCUT2D eigenvalue weighted by molar-refractivity contribution is 5.99. The van der Waals surface area contributed by atoms with Gasteiger partial charge in [-0.1, -0.05) is 42.5 Å². The van der Waals surface area contributed by atoms with E-state index >= 15 is 0 Å². The van der Waals surface area contributed by atoms with Crippen LogP contribution in [-0.4, -0.2) is 49.5 Å². The van der Waals surface area contributed by atoms with E-state index < -0.39 is 11.5 Å². The average Bonchev–Trinajstić information content (AvgIpc) is 3.34. The van der Waals surface area contributed by atoms with Crippen LogP contribution in [0, 0.1) is 6.33 Å². The van der Waals surface area contributed by atoms with Crippen molar-refractivity contribution in [2.24, 2.45) is 5.73 Å². The quantitative estimate of drug-likeness (QED) is 0.506. The van der Waals surface area contributed by atoms with Crippen molar-refractivity contribution >= 4 is 17.5 Å². The molecule has 3 heterocycles. The van der Waals surface area contributed by atoms with E-state index in [1.165, 1.54) is 4.52 Å². The smallest absolute Gasteiger partial charge is 0.253 e. The normalized spacial score (nSPS) is 15.5. The van der Waals surface area contributed by atoms with Crippen LogP contribution in [0.1, 0.15) is 39.1 Å². The first-order valence-corrected chi connectivity index (χ1v) is 10.7. The number of carbonyl (C=O) groups is 2. The zero-order valence-electron chi connectivity index (χ0n) is 17.8. The largest absolute Gasteiger partial charge is 0.385 e. The fourth-order valence-corrected chi connectivity index (χ4v) is 4.35. The number of primary amides is 1. The predicted molar refractivity (Wildman–Crippen MR) is 121 cm³/mol. The minimum absolute atomic E-state index is 0.0695. The first kappa shape index (κ1) is 20.8. The van der Waals surface area contributed by atoms with Gasteiger partial charge in [-0.3, -0.25) is 9.59 Å². The van der Waals surface area contributed by atoms with Crippen molar-refractivity contribution in [3.63, 3.8) is 0 Å². The standard InChI is InChI=1S/C25H22N5O3/c26-22(31)20-10-11-21(30-23(20)27-16-28-30)17-6-8-18(9-7-17)24(32)29-14-12-25(33,13-15-29)19-4-2-1-3-5-19/h1-11,33H,12-15H2,(H2,26,31). The van der Waals surface area contributed by atoms with Crippen LogP contribution >= 0.6 is 0 Å². The molecular formula is C25H22N5O3. The number of carbonyl (C=O) groups excluding carboxylic acids is 2. The molecule has 0 saturated carbocycles. The second kappa shape index (κ2) is 8.14. The van der Waals surface area contributed by atoms with Crippen molar-refractivity contribution in [2.45, 2.75) is 18.4 Å². The molecule has 5 rings (SSSR count). The Morgan fingerprint density at radius 2 is 1.67 bits per heavy atom. The van der Waals surface area contributed by atoms with Gasteiger partial charge in [0.05, 0.1) is 16.9 Å². The Morgan fingerprint density at radius 1 is 0.970 bits per heavy atom. The molecule has 3 N–H and O–H groups in total. The van der Waals surface area contributed by atoms with Gasteiger partial charge in [-0.2, -0.15) is 0 Å². The lowest BCUT2D eigenvalue weighted by Crippen LogP contribution is -2.45. The number of benzene rings is 2. The molecule has 33 heavy (non-hydrogen) atoms. The Hall–Kier alpha value is -4.04. The maximum absolute atomic E-state index is 13.0. The summed E-state index contributed by atoms with van der Waals surface area (Å²) < 4.78 is 1.51. The van der Waals surface area contributed by atoms with E-state index in [9.17, 15) is 14.7 Å². The average molecular weight is 440 g/mol. The molecule has 1 radical (unpaired) electrons. The number of nitrogens with two attached hydrogens (primary N) is 1. The number of likely N-dealkylation sites (tertiary alicyclic amines) is 1. The summed E-state index contributed by atoms with van der Waals surface area (Å²) in [6, 6.07) is 20.2. The summed E-state index contributed by atoms with van der Waals surface area (Å²) in [5.74, 6) is -0.658. The van der Waals surface area contributed by atoms with Gasteiger partial charge in [-0.15, -0.1) is 5.10 Å². The van der Waals surface area contributed by atoms with Gasteiger partial charge in [0.15, 0.2) is 5.65 Å². The fraction of sp³-hybridized carbons (Fsp3) is 0.200. The van der Waals surface area contributed by atoms with Gasteiger partial charge in [0.2, 0.25) is 6.33 Å². The maximum atomic E-state index is 13.0. The highest BCUT2D eigenvalue weighted by Gasteiger charge is 2.35. The zero-order valence-corrected chi connectivity index (χ0v) is 17.8. The summed E-state index contributed by atoms with van der Waals surface area (Å²) >= 11 is 0. The van der Waals surface area contributed by atoms with Crippen molar-refractivity contribution in [3.05, 3.63) is 89.7 Å². The summed E-state index contributed by atoms with van der Waals surface area (Å²) in [6.45, 7) is 0.964. The molecule has 2 aromatic carbocycles. The lowest BCUT2D eigenvalue weighted by molar-refractivity contribution is -0.0211. The number of fused-ring (bicyclic) bond motifs is 1. The summed E-state index contributed by atoms with van der Waals surface area (Å²) in [5.41, 5.74) is 8.07. The highest BCUT2D eigenvalue weighted by atomic mass is 16.3. The third-order valence-corrected chi connectivity index (χ3v) is 6.26. The first-order chi connectivity index (χ1) is 16.0. The number of aromatic nitrogens is 3. The topological polar surface area (TPSA) is 114 Å². The van der Waals surface area contributed by atoms with E-state index in [0.29, 0.717) is 42.8 Å². The molecule has 165 valence electrons. The SMILES string of the molecule is NC(=O)c1ccc(-c2ccc(C(=O)N3CCC(O)(c4ccccc4)CC3)cc2)n2n[c]nc12. The molecule has 0 aliphatic carbocycles. The van der Waals surface area contributed by atoms with Gasteiger partial charge in [-0.25, -0.2) is 9.50 Å². The van der Waals surface area contributed by atoms with Crippen molar-refractivity contribution in [2.75, 3.05) is 13.1 Å². The molecule has 0 unspecified atom stereocenters. The molecule has 1 saturated heterocycles. The minimum atomic E-state index is -0.904. The third-order valence-electron chi connectivity index (χ3n) is 6.26. The Bertz CT molecular complexity index is 1320. The van der Waals surface area contributed by atoms with Gasteiger partial charge in [0.25, 0.3) is 11.8 Å². The third kappa shape index (κ3) is 3.74. The number of hydrogen-bond donors (Lipinski definition) is 2. The zero-order chi connectivity index (χ0) is 23.0. The van der Waals surface area contributed by atoms with E-state index in [-0.39, 0.29) is 11.5 Å². The van der Waals surface area contributed by atoms with E-state index in [1.807, 2.05) is 42.5 Å². The highest BCUT2D eigenvalue weighted by Crippen LogP contribution is 2.33. The molecular weight excluding hydrogens is 418 g/mol.